The van der Waals surface area contributed by atoms with Crippen molar-refractivity contribution in [3.63, 3.8) is 0 Å². The van der Waals surface area contributed by atoms with Gasteiger partial charge in [-0.05, 0) is 67.7 Å². The van der Waals surface area contributed by atoms with Crippen LogP contribution in [0.1, 0.15) is 51.3 Å². The van der Waals surface area contributed by atoms with Crippen LogP contribution in [0.2, 0.25) is 28.2 Å². The van der Waals surface area contributed by atoms with Crippen LogP contribution in [0.4, 0.5) is 5.69 Å². The fourth-order valence-electron chi connectivity index (χ4n) is 5.76. The monoisotopic (exact) mass is 1050 g/mol. The van der Waals surface area contributed by atoms with Gasteiger partial charge in [-0.25, -0.2) is 12.1 Å². The molecule has 0 aliphatic heterocycles. The number of fused-ring (bicyclic) bond motifs is 2. The predicted molar refractivity (Wildman–Crippen MR) is 249 cm³/mol. The van der Waals surface area contributed by atoms with E-state index in [-0.39, 0.29) is 16.2 Å². The van der Waals surface area contributed by atoms with Gasteiger partial charge in [0.2, 0.25) is 0 Å². The Bertz CT molecular complexity index is 2390. The van der Waals surface area contributed by atoms with E-state index in [1.165, 1.54) is 16.7 Å². The average molecular weight is 1050 g/mol. The summed E-state index contributed by atoms with van der Waals surface area (Å²) in [4.78, 5) is 0. The van der Waals surface area contributed by atoms with Gasteiger partial charge in [0.05, 0.1) is 4.47 Å². The molecule has 0 heterocycles. The molecule has 298 valence electrons. The van der Waals surface area contributed by atoms with Crippen molar-refractivity contribution in [3.05, 3.63) is 172 Å². The van der Waals surface area contributed by atoms with Crippen LogP contribution in [0, 0.1) is 20.8 Å². The maximum Gasteiger partial charge on any atom is -0.0611 e. The minimum absolute atomic E-state index is 0.0429. The molecule has 0 spiro atoms. The van der Waals surface area contributed by atoms with Crippen LogP contribution >= 0.6 is 39.1 Å². The Hall–Kier alpha value is -3.44. The summed E-state index contributed by atoms with van der Waals surface area (Å²) in [5, 5.41) is 16.6. The Labute approximate surface area is 370 Å². The number of hydrogen-bond acceptors (Lipinski definition) is 3. The molecule has 0 saturated carbocycles. The molecule has 0 atom stereocenters. The number of rotatable bonds is 5. The topological polar surface area (TPSA) is 41.8 Å². The molecule has 7 aromatic carbocycles. The molecular weight excluding hydrogens is 997 g/mol. The molecule has 3 nitrogen and oxygen atoms in total. The molecule has 0 aliphatic rings. The molecule has 7 rings (SSSR count). The van der Waals surface area contributed by atoms with E-state index >= 15 is 0 Å². The summed E-state index contributed by atoms with van der Waals surface area (Å²) in [5.41, 5.74) is 6.51. The normalized spacial score (nSPS) is 11.4. The van der Waals surface area contributed by atoms with Gasteiger partial charge in [0.25, 0.3) is 8.32 Å². The van der Waals surface area contributed by atoms with Crippen LogP contribution in [0.3, 0.4) is 0 Å². The zero-order valence-corrected chi connectivity index (χ0v) is 41.3. The first-order valence-corrected chi connectivity index (χ1v) is 24.5. The predicted octanol–water partition coefficient (Wildman–Crippen LogP) is 16.7. The van der Waals surface area contributed by atoms with Gasteiger partial charge in [-0.2, -0.15) is 17.2 Å². The number of hydrogen-bond donors (Lipinski definition) is 1. The van der Waals surface area contributed by atoms with Crippen LogP contribution in [0.5, 0.6) is 11.5 Å². The molecule has 0 saturated heterocycles. The second-order valence-electron chi connectivity index (χ2n) is 16.2. The molecule has 8 heteroatoms. The first-order chi connectivity index (χ1) is 26.7. The van der Waals surface area contributed by atoms with E-state index in [1.54, 1.807) is 24.3 Å². The van der Waals surface area contributed by atoms with Crippen LogP contribution < -0.4 is 4.43 Å². The molecule has 0 aliphatic carbocycles. The third kappa shape index (κ3) is 12.3. The fraction of sp³-hybridized carbons (Fsp3) is 0.224. The van der Waals surface area contributed by atoms with Crippen LogP contribution in [0.15, 0.2) is 141 Å². The zero-order valence-electron chi connectivity index (χ0n) is 34.3. The van der Waals surface area contributed by atoms with E-state index in [1.807, 2.05) is 48.5 Å². The van der Waals surface area contributed by atoms with Crippen molar-refractivity contribution in [2.24, 2.45) is 3.50 Å². The molecule has 0 aromatic heterocycles. The van der Waals surface area contributed by atoms with Gasteiger partial charge in [0.1, 0.15) is 11.5 Å². The van der Waals surface area contributed by atoms with Crippen molar-refractivity contribution in [1.29, 1.82) is 0 Å². The minimum atomic E-state index is -2.13. The van der Waals surface area contributed by atoms with E-state index in [0.717, 1.165) is 62.5 Å². The van der Waals surface area contributed by atoms with Crippen LogP contribution in [-0.4, -0.2) is 13.4 Å². The Balaban J connectivity index is 0.000000215. The Morgan fingerprint density at radius 2 is 1.21 bits per heavy atom. The van der Waals surface area contributed by atoms with E-state index in [0.29, 0.717) is 15.7 Å². The largest absolute Gasteiger partial charge is 0.333 e. The maximum atomic E-state index is 11.0. The third-order valence-corrected chi connectivity index (χ3v) is 16.1. The van der Waals surface area contributed by atoms with Crippen molar-refractivity contribution >= 4 is 74.7 Å². The van der Waals surface area contributed by atoms with E-state index in [9.17, 15) is 5.11 Å². The summed E-state index contributed by atoms with van der Waals surface area (Å²) in [5.74, 6) is 1.07. The Kier molecular flexibility index (Phi) is 16.2. The van der Waals surface area contributed by atoms with Crippen molar-refractivity contribution in [2.75, 3.05) is 0 Å². The fourth-order valence-corrected chi connectivity index (χ4v) is 9.05. The summed E-state index contributed by atoms with van der Waals surface area (Å²) in [7, 11) is -2.13. The number of aryl methyl sites for hydroxylation is 2. The van der Waals surface area contributed by atoms with Gasteiger partial charge in [-0.3, -0.25) is 0 Å². The number of aromatic hydroxyl groups is 1. The molecule has 0 unspecified atom stereocenters. The second kappa shape index (κ2) is 20.0. The summed E-state index contributed by atoms with van der Waals surface area (Å²) in [6.07, 6.45) is 0. The molecule has 0 bridgehead atoms. The van der Waals surface area contributed by atoms with Gasteiger partial charge in [0, 0.05) is 11.1 Å². The summed E-state index contributed by atoms with van der Waals surface area (Å²) in [6, 6.07) is 44.4. The number of nitrogens with zero attached hydrogens (tertiary/aromatic N) is 1. The first-order valence-electron chi connectivity index (χ1n) is 18.7. The standard InChI is InChI=1S/C26H27BrO2Si.C10H13.C7H9.C6H3Cl2N.W/c1-26(2,3)30(4,5)29-25-21(27)16-18-11-7-9-13-20(18)24(25)23-19-12-8-6-10-17(19)14-15-22(23)28;1-10(2,3)9-7-5-4-6-8-9;1-6-3-4-7(2)5-6;7-4-2-1-3-5(8)6(4)9;/h6-16,28H,1-5H3;4-8H,1H2,2-3H3;3-5H,1-2H3;1-3H;/q;2*-1;;. The van der Waals surface area contributed by atoms with E-state index < -0.39 is 8.32 Å². The SMILES string of the molecule is CC(C)(C)[Si](C)(C)Oc1c(Br)cc2ccccc2c1-c1c(O)ccc2ccccc12.Cc1ccc(C)[cH-]1.Clc1cccc(Cl)c1[N]=[W].[CH2-]C(C)(C)c1ccccc1. The third-order valence-electron chi connectivity index (χ3n) is 9.93. The number of benzene rings is 6. The first kappa shape index (κ1) is 46.2. The Morgan fingerprint density at radius 1 is 0.702 bits per heavy atom. The average Bonchev–Trinajstić information content (AvgIpc) is 3.54. The van der Waals surface area contributed by atoms with Crippen molar-refractivity contribution in [1.82, 2.24) is 0 Å². The molecule has 57 heavy (non-hydrogen) atoms. The number of phenols is 1. The van der Waals surface area contributed by atoms with E-state index in [2.05, 4.69) is 149 Å². The molecule has 1 N–H and O–H groups in total. The molecule has 7 aromatic rings. The number of phenolic OH excluding ortho intramolecular Hbond substituents is 1. The van der Waals surface area contributed by atoms with Crippen LogP contribution in [-0.2, 0) is 25.0 Å². The zero-order chi connectivity index (χ0) is 42.1. The Morgan fingerprint density at radius 3 is 1.67 bits per heavy atom. The molecule has 0 fully saturated rings. The van der Waals surface area contributed by atoms with Gasteiger partial charge in [0.15, 0.2) is 0 Å². The van der Waals surface area contributed by atoms with Gasteiger partial charge in [-0.15, -0.1) is 5.41 Å². The smallest absolute Gasteiger partial charge is 0.0611 e. The van der Waals surface area contributed by atoms with Gasteiger partial charge in [-0.1, -0.05) is 139 Å². The summed E-state index contributed by atoms with van der Waals surface area (Å²) < 4.78 is 11.8. The second-order valence-corrected chi connectivity index (χ2v) is 23.3. The van der Waals surface area contributed by atoms with Gasteiger partial charge >= 0.3 is 80.3 Å². The van der Waals surface area contributed by atoms with Crippen LogP contribution in [0.25, 0.3) is 32.7 Å². The molecule has 0 radical (unpaired) electrons. The van der Waals surface area contributed by atoms with E-state index in [4.69, 9.17) is 27.6 Å². The molecule has 0 amide bonds. The maximum absolute atomic E-state index is 11.0. The van der Waals surface area contributed by atoms with Crippen molar-refractivity contribution in [3.8, 4) is 22.6 Å². The number of halogens is 3. The quantitative estimate of drug-likeness (QED) is 0.138. The van der Waals surface area contributed by atoms with Gasteiger partial charge < -0.3 is 16.5 Å². The minimum Gasteiger partial charge on any atom is -0.333 e. The van der Waals surface area contributed by atoms with Crippen molar-refractivity contribution < 1.29 is 29.2 Å². The molecular formula is C49H52BrCl2NO2SiW-2. The summed E-state index contributed by atoms with van der Waals surface area (Å²) >= 11 is 16.4. The summed E-state index contributed by atoms with van der Waals surface area (Å²) in [6.45, 7) is 23.7. The van der Waals surface area contributed by atoms with Crippen molar-refractivity contribution in [2.45, 2.75) is 72.0 Å².